The molecule has 0 bridgehead atoms. The molecular formula is C21H24FNO3. The van der Waals surface area contributed by atoms with Gasteiger partial charge in [0.05, 0.1) is 11.5 Å². The lowest BCUT2D eigenvalue weighted by molar-refractivity contribution is -0.131. The largest absolute Gasteiger partial charge is 0.387 e. The van der Waals surface area contributed by atoms with Gasteiger partial charge < -0.3 is 15.2 Å². The number of rotatable bonds is 5. The molecular weight excluding hydrogens is 333 g/mol. The van der Waals surface area contributed by atoms with Crippen molar-refractivity contribution in [2.45, 2.75) is 31.3 Å². The van der Waals surface area contributed by atoms with Gasteiger partial charge in [0.25, 0.3) is 0 Å². The van der Waals surface area contributed by atoms with Crippen molar-refractivity contribution in [1.82, 2.24) is 5.32 Å². The number of aliphatic hydroxyl groups is 1. The van der Waals surface area contributed by atoms with E-state index in [9.17, 15) is 14.3 Å². The molecule has 2 aromatic rings. The van der Waals surface area contributed by atoms with Crippen LogP contribution >= 0.6 is 0 Å². The van der Waals surface area contributed by atoms with Crippen molar-refractivity contribution in [2.24, 2.45) is 0 Å². The predicted octanol–water partition coefficient (Wildman–Crippen LogP) is 3.03. The number of ether oxygens (including phenoxy) is 1. The van der Waals surface area contributed by atoms with Gasteiger partial charge in [-0.25, -0.2) is 4.39 Å². The molecule has 0 spiro atoms. The van der Waals surface area contributed by atoms with Gasteiger partial charge in [-0.15, -0.1) is 0 Å². The van der Waals surface area contributed by atoms with Crippen molar-refractivity contribution in [3.63, 3.8) is 0 Å². The third-order valence-electron chi connectivity index (χ3n) is 5.07. The van der Waals surface area contributed by atoms with E-state index in [0.29, 0.717) is 31.6 Å². The normalized spacial score (nSPS) is 17.5. The van der Waals surface area contributed by atoms with Crippen LogP contribution in [0.25, 0.3) is 0 Å². The second-order valence-electron chi connectivity index (χ2n) is 6.84. The van der Waals surface area contributed by atoms with Gasteiger partial charge in [0.2, 0.25) is 5.91 Å². The first-order chi connectivity index (χ1) is 12.5. The van der Waals surface area contributed by atoms with Crippen molar-refractivity contribution in [3.8, 4) is 0 Å². The molecule has 1 aliphatic rings. The first-order valence-electron chi connectivity index (χ1n) is 8.88. The summed E-state index contributed by atoms with van der Waals surface area (Å²) in [6.45, 7) is 3.09. The van der Waals surface area contributed by atoms with Crippen molar-refractivity contribution in [2.75, 3.05) is 19.8 Å². The number of aryl methyl sites for hydroxylation is 1. The molecule has 1 fully saturated rings. The molecule has 2 N–H and O–H groups in total. The number of nitrogens with one attached hydrogen (secondary N) is 1. The quantitative estimate of drug-likeness (QED) is 0.865. The number of benzene rings is 2. The first kappa shape index (κ1) is 18.5. The van der Waals surface area contributed by atoms with Crippen molar-refractivity contribution < 1.29 is 19.0 Å². The van der Waals surface area contributed by atoms with E-state index in [1.165, 1.54) is 12.1 Å². The number of amides is 1. The molecule has 2 aromatic carbocycles. The van der Waals surface area contributed by atoms with E-state index in [4.69, 9.17) is 4.74 Å². The fourth-order valence-corrected chi connectivity index (χ4v) is 3.43. The Balaban J connectivity index is 1.75. The summed E-state index contributed by atoms with van der Waals surface area (Å²) in [6.07, 6.45) is 0.236. The van der Waals surface area contributed by atoms with E-state index in [-0.39, 0.29) is 12.5 Å². The van der Waals surface area contributed by atoms with Crippen LogP contribution in [0.5, 0.6) is 0 Å². The first-order valence-corrected chi connectivity index (χ1v) is 8.88. The number of aliphatic hydroxyl groups excluding tert-OH is 1. The average molecular weight is 357 g/mol. The Hall–Kier alpha value is -2.24. The van der Waals surface area contributed by atoms with Crippen LogP contribution in [-0.2, 0) is 14.9 Å². The SMILES string of the molecule is Cc1ccc(C2(C(=O)NCC(O)c3cccc(F)c3)CCOCC2)cc1. The van der Waals surface area contributed by atoms with E-state index in [2.05, 4.69) is 5.32 Å². The molecule has 0 aromatic heterocycles. The third kappa shape index (κ3) is 3.94. The van der Waals surface area contributed by atoms with Gasteiger partial charge in [-0.2, -0.15) is 0 Å². The Morgan fingerprint density at radius 3 is 2.58 bits per heavy atom. The Morgan fingerprint density at radius 1 is 1.23 bits per heavy atom. The summed E-state index contributed by atoms with van der Waals surface area (Å²) >= 11 is 0. The fourth-order valence-electron chi connectivity index (χ4n) is 3.43. The Bertz CT molecular complexity index is 754. The monoisotopic (exact) mass is 357 g/mol. The van der Waals surface area contributed by atoms with E-state index in [0.717, 1.165) is 11.1 Å². The molecule has 0 aliphatic carbocycles. The molecule has 0 radical (unpaired) electrons. The second kappa shape index (κ2) is 7.98. The highest BCUT2D eigenvalue weighted by atomic mass is 19.1. The Kier molecular flexibility index (Phi) is 5.69. The van der Waals surface area contributed by atoms with E-state index in [1.807, 2.05) is 31.2 Å². The zero-order chi connectivity index (χ0) is 18.6. The van der Waals surface area contributed by atoms with Gasteiger partial charge in [0, 0.05) is 19.8 Å². The van der Waals surface area contributed by atoms with E-state index in [1.54, 1.807) is 12.1 Å². The Morgan fingerprint density at radius 2 is 1.92 bits per heavy atom. The number of halogens is 1. The van der Waals surface area contributed by atoms with Crippen LogP contribution in [0.4, 0.5) is 4.39 Å². The van der Waals surface area contributed by atoms with Crippen molar-refractivity contribution in [3.05, 3.63) is 71.0 Å². The molecule has 1 aliphatic heterocycles. The maximum absolute atomic E-state index is 13.3. The summed E-state index contributed by atoms with van der Waals surface area (Å²) in [7, 11) is 0. The molecule has 1 saturated heterocycles. The molecule has 138 valence electrons. The molecule has 26 heavy (non-hydrogen) atoms. The summed E-state index contributed by atoms with van der Waals surface area (Å²) in [5, 5.41) is 13.1. The number of carbonyl (C=O) groups excluding carboxylic acids is 1. The average Bonchev–Trinajstić information content (AvgIpc) is 2.67. The minimum absolute atomic E-state index is 0.0384. The van der Waals surface area contributed by atoms with Gasteiger partial charge in [-0.1, -0.05) is 42.0 Å². The highest BCUT2D eigenvalue weighted by Crippen LogP contribution is 2.35. The lowest BCUT2D eigenvalue weighted by Crippen LogP contribution is -2.48. The fraction of sp³-hybridized carbons (Fsp3) is 0.381. The molecule has 1 amide bonds. The summed E-state index contributed by atoms with van der Waals surface area (Å²) < 4.78 is 18.8. The van der Waals surface area contributed by atoms with Crippen LogP contribution in [0.15, 0.2) is 48.5 Å². The minimum Gasteiger partial charge on any atom is -0.387 e. The summed E-state index contributed by atoms with van der Waals surface area (Å²) in [5.74, 6) is -0.534. The number of carbonyl (C=O) groups is 1. The zero-order valence-corrected chi connectivity index (χ0v) is 14.9. The maximum Gasteiger partial charge on any atom is 0.230 e. The predicted molar refractivity (Wildman–Crippen MR) is 97.3 cm³/mol. The zero-order valence-electron chi connectivity index (χ0n) is 14.9. The highest BCUT2D eigenvalue weighted by molar-refractivity contribution is 5.88. The van der Waals surface area contributed by atoms with Crippen LogP contribution in [0.2, 0.25) is 0 Å². The summed E-state index contributed by atoms with van der Waals surface area (Å²) in [5.41, 5.74) is 1.89. The van der Waals surface area contributed by atoms with Gasteiger partial charge in [0.15, 0.2) is 0 Å². The molecule has 0 saturated carbocycles. The van der Waals surface area contributed by atoms with Crippen LogP contribution in [0, 0.1) is 12.7 Å². The summed E-state index contributed by atoms with van der Waals surface area (Å²) in [4.78, 5) is 13.1. The van der Waals surface area contributed by atoms with Gasteiger partial charge >= 0.3 is 0 Å². The van der Waals surface area contributed by atoms with Crippen molar-refractivity contribution in [1.29, 1.82) is 0 Å². The van der Waals surface area contributed by atoms with Crippen LogP contribution < -0.4 is 5.32 Å². The third-order valence-corrected chi connectivity index (χ3v) is 5.07. The Labute approximate surface area is 153 Å². The molecule has 4 nitrogen and oxygen atoms in total. The van der Waals surface area contributed by atoms with E-state index < -0.39 is 17.3 Å². The molecule has 5 heteroatoms. The molecule has 3 rings (SSSR count). The number of hydrogen-bond donors (Lipinski definition) is 2. The lowest BCUT2D eigenvalue weighted by atomic mass is 9.73. The minimum atomic E-state index is -0.954. The summed E-state index contributed by atoms with van der Waals surface area (Å²) in [6, 6.07) is 13.8. The smallest absolute Gasteiger partial charge is 0.230 e. The second-order valence-corrected chi connectivity index (χ2v) is 6.84. The van der Waals surface area contributed by atoms with Crippen molar-refractivity contribution >= 4 is 5.91 Å². The van der Waals surface area contributed by atoms with Gasteiger partial charge in [-0.3, -0.25) is 4.79 Å². The molecule has 1 atom stereocenters. The standard InChI is InChI=1S/C21H24FNO3/c1-15-5-7-17(8-6-15)21(9-11-26-12-10-21)20(25)23-14-19(24)16-3-2-4-18(22)13-16/h2-8,13,19,24H,9-12,14H2,1H3,(H,23,25). The van der Waals surface area contributed by atoms with Crippen LogP contribution in [0.3, 0.4) is 0 Å². The molecule has 1 unspecified atom stereocenters. The maximum atomic E-state index is 13.3. The van der Waals surface area contributed by atoms with E-state index >= 15 is 0 Å². The van der Waals surface area contributed by atoms with Gasteiger partial charge in [-0.05, 0) is 43.0 Å². The molecule has 1 heterocycles. The van der Waals surface area contributed by atoms with Crippen LogP contribution in [-0.4, -0.2) is 30.8 Å². The topological polar surface area (TPSA) is 58.6 Å². The lowest BCUT2D eigenvalue weighted by Gasteiger charge is -2.36. The van der Waals surface area contributed by atoms with Gasteiger partial charge in [0.1, 0.15) is 5.82 Å². The van der Waals surface area contributed by atoms with Crippen LogP contribution in [0.1, 0.15) is 35.6 Å². The number of hydrogen-bond acceptors (Lipinski definition) is 3. The highest BCUT2D eigenvalue weighted by Gasteiger charge is 2.41.